The summed E-state index contributed by atoms with van der Waals surface area (Å²) in [6, 6.07) is 24.3. The maximum absolute atomic E-state index is 13.7. The van der Waals surface area contributed by atoms with E-state index in [0.29, 0.717) is 17.3 Å². The minimum Gasteiger partial charge on any atom is -0.497 e. The van der Waals surface area contributed by atoms with Gasteiger partial charge in [0, 0.05) is 23.1 Å². The molecule has 1 aliphatic heterocycles. The van der Waals surface area contributed by atoms with Crippen molar-refractivity contribution in [1.82, 2.24) is 15.1 Å². The largest absolute Gasteiger partial charge is 0.497 e. The molecule has 2 heterocycles. The zero-order valence-corrected chi connectivity index (χ0v) is 26.7. The smallest absolute Gasteiger partial charge is 0.324 e. The van der Waals surface area contributed by atoms with Gasteiger partial charge in [0.05, 0.1) is 18.5 Å². The summed E-state index contributed by atoms with van der Waals surface area (Å²) in [5.41, 5.74) is 4.12. The summed E-state index contributed by atoms with van der Waals surface area (Å²) in [7, 11) is 1.61. The second kappa shape index (κ2) is 14.0. The van der Waals surface area contributed by atoms with Crippen molar-refractivity contribution in [3.8, 4) is 17.2 Å². The molecular weight excluding hydrogens is 566 g/mol. The number of methoxy groups -OCH3 is 1. The van der Waals surface area contributed by atoms with Gasteiger partial charge in [-0.25, -0.2) is 9.48 Å². The molecule has 236 valence electrons. The SMILES string of the molecule is COc1ccc(OCC(=O)C(c2cccc(NC(=O)Nc3cc(C(C)(C)C)nn3-c3ccc(C)cc3)c2)C2CCNCC2)cc1. The molecule has 1 unspecified atom stereocenters. The van der Waals surface area contributed by atoms with Crippen LogP contribution in [0.1, 0.15) is 56.4 Å². The molecule has 9 heteroatoms. The molecule has 1 fully saturated rings. The fourth-order valence-electron chi connectivity index (χ4n) is 5.62. The molecule has 1 aliphatic rings. The van der Waals surface area contributed by atoms with Gasteiger partial charge in [-0.2, -0.15) is 5.10 Å². The minimum absolute atomic E-state index is 0.0102. The molecule has 0 spiro atoms. The zero-order chi connectivity index (χ0) is 32.0. The second-order valence-corrected chi connectivity index (χ2v) is 12.6. The van der Waals surface area contributed by atoms with E-state index in [0.717, 1.165) is 54.2 Å². The van der Waals surface area contributed by atoms with Crippen LogP contribution in [0.3, 0.4) is 0 Å². The number of carbonyl (C=O) groups excluding carboxylic acids is 2. The first-order valence-corrected chi connectivity index (χ1v) is 15.5. The molecule has 3 aromatic carbocycles. The first-order chi connectivity index (χ1) is 21.6. The number of benzene rings is 3. The van der Waals surface area contributed by atoms with E-state index in [1.54, 1.807) is 23.9 Å². The summed E-state index contributed by atoms with van der Waals surface area (Å²) < 4.78 is 12.9. The summed E-state index contributed by atoms with van der Waals surface area (Å²) in [5, 5.41) is 14.2. The quantitative estimate of drug-likeness (QED) is 0.181. The number of hydrogen-bond acceptors (Lipinski definition) is 6. The van der Waals surface area contributed by atoms with Gasteiger partial charge in [-0.15, -0.1) is 0 Å². The molecule has 9 nitrogen and oxygen atoms in total. The number of aromatic nitrogens is 2. The van der Waals surface area contributed by atoms with Crippen LogP contribution in [0.5, 0.6) is 11.5 Å². The Morgan fingerprint density at radius 2 is 1.64 bits per heavy atom. The number of ether oxygens (including phenoxy) is 2. The third-order valence-corrected chi connectivity index (χ3v) is 8.14. The highest BCUT2D eigenvalue weighted by molar-refractivity contribution is 5.99. The van der Waals surface area contributed by atoms with Crippen molar-refractivity contribution in [2.75, 3.05) is 37.4 Å². The molecule has 1 saturated heterocycles. The van der Waals surface area contributed by atoms with Crippen molar-refractivity contribution < 1.29 is 19.1 Å². The van der Waals surface area contributed by atoms with Crippen molar-refractivity contribution in [2.45, 2.75) is 51.9 Å². The van der Waals surface area contributed by atoms with Gasteiger partial charge in [0.15, 0.2) is 5.78 Å². The monoisotopic (exact) mass is 609 g/mol. The minimum atomic E-state index is -0.395. The predicted molar refractivity (Wildman–Crippen MR) is 178 cm³/mol. The lowest BCUT2D eigenvalue weighted by atomic mass is 9.78. The molecule has 4 aromatic rings. The molecule has 0 bridgehead atoms. The number of anilines is 2. The van der Waals surface area contributed by atoms with Crippen molar-refractivity contribution in [2.24, 2.45) is 5.92 Å². The van der Waals surface area contributed by atoms with Crippen LogP contribution in [0.15, 0.2) is 78.9 Å². The van der Waals surface area contributed by atoms with Crippen LogP contribution in [0.25, 0.3) is 5.69 Å². The summed E-state index contributed by atoms with van der Waals surface area (Å²) in [5.74, 6) is 1.73. The Kier molecular flexibility index (Phi) is 9.88. The summed E-state index contributed by atoms with van der Waals surface area (Å²) in [6.07, 6.45) is 1.77. The Labute approximate surface area is 265 Å². The average Bonchev–Trinajstić information content (AvgIpc) is 3.46. The second-order valence-electron chi connectivity index (χ2n) is 12.6. The highest BCUT2D eigenvalue weighted by atomic mass is 16.5. The van der Waals surface area contributed by atoms with Crippen LogP contribution in [0.2, 0.25) is 0 Å². The molecule has 0 aliphatic carbocycles. The van der Waals surface area contributed by atoms with E-state index in [1.165, 1.54) is 0 Å². The Balaban J connectivity index is 1.33. The van der Waals surface area contributed by atoms with Gasteiger partial charge in [-0.3, -0.25) is 10.1 Å². The van der Waals surface area contributed by atoms with Crippen LogP contribution in [0.4, 0.5) is 16.3 Å². The molecule has 45 heavy (non-hydrogen) atoms. The normalized spacial score (nSPS) is 14.4. The Morgan fingerprint density at radius 1 is 0.956 bits per heavy atom. The van der Waals surface area contributed by atoms with E-state index < -0.39 is 6.03 Å². The molecule has 0 saturated carbocycles. The van der Waals surface area contributed by atoms with Gasteiger partial charge in [-0.05, 0) is 92.9 Å². The third-order valence-electron chi connectivity index (χ3n) is 8.14. The van der Waals surface area contributed by atoms with Crippen molar-refractivity contribution in [3.63, 3.8) is 0 Å². The first kappa shape index (κ1) is 31.8. The van der Waals surface area contributed by atoms with Crippen molar-refractivity contribution in [1.29, 1.82) is 0 Å². The number of nitrogens with one attached hydrogen (secondary N) is 3. The standard InChI is InChI=1S/C36H43N5O4/c1-24-9-11-28(12-10-24)41-33(22-32(40-41)36(2,3)4)39-35(43)38-27-8-6-7-26(21-27)34(25-17-19-37-20-18-25)31(42)23-45-30-15-13-29(44-5)14-16-30/h6-16,21-22,25,34,37H,17-20,23H2,1-5H3,(H2,38,39,43). The number of Topliss-reactive ketones (excluding diaryl/α,β-unsaturated/α-hetero) is 1. The maximum Gasteiger partial charge on any atom is 0.324 e. The molecule has 1 atom stereocenters. The van der Waals surface area contributed by atoms with Crippen LogP contribution in [0, 0.1) is 12.8 Å². The van der Waals surface area contributed by atoms with E-state index in [4.69, 9.17) is 14.6 Å². The van der Waals surface area contributed by atoms with Gasteiger partial charge in [0.2, 0.25) is 0 Å². The number of carbonyl (C=O) groups is 2. The van der Waals surface area contributed by atoms with Gasteiger partial charge in [-0.1, -0.05) is 50.6 Å². The molecular formula is C36H43N5O4. The number of aryl methyl sites for hydroxylation is 1. The topological polar surface area (TPSA) is 107 Å². The maximum atomic E-state index is 13.7. The van der Waals surface area contributed by atoms with Gasteiger partial charge in [0.25, 0.3) is 0 Å². The van der Waals surface area contributed by atoms with Crippen LogP contribution in [-0.4, -0.2) is 48.4 Å². The highest BCUT2D eigenvalue weighted by Gasteiger charge is 2.31. The molecule has 0 radical (unpaired) electrons. The number of nitrogens with zero attached hydrogens (tertiary/aromatic N) is 2. The van der Waals surface area contributed by atoms with Crippen molar-refractivity contribution >= 4 is 23.3 Å². The Hall–Kier alpha value is -4.63. The van der Waals surface area contributed by atoms with Crippen LogP contribution >= 0.6 is 0 Å². The lowest BCUT2D eigenvalue weighted by Crippen LogP contribution is -2.35. The molecule has 1 aromatic heterocycles. The van der Waals surface area contributed by atoms with Gasteiger partial charge < -0.3 is 20.1 Å². The predicted octanol–water partition coefficient (Wildman–Crippen LogP) is 6.86. The van der Waals surface area contributed by atoms with Crippen LogP contribution in [-0.2, 0) is 10.2 Å². The van der Waals surface area contributed by atoms with E-state index in [1.807, 2.05) is 73.7 Å². The van der Waals surface area contributed by atoms with Crippen molar-refractivity contribution in [3.05, 3.63) is 95.7 Å². The van der Waals surface area contributed by atoms with E-state index in [-0.39, 0.29) is 29.6 Å². The van der Waals surface area contributed by atoms with Gasteiger partial charge >= 0.3 is 6.03 Å². The first-order valence-electron chi connectivity index (χ1n) is 15.5. The van der Waals surface area contributed by atoms with E-state index in [9.17, 15) is 9.59 Å². The van der Waals surface area contributed by atoms with Gasteiger partial charge in [0.1, 0.15) is 23.9 Å². The van der Waals surface area contributed by atoms with E-state index in [2.05, 4.69) is 36.7 Å². The fourth-order valence-corrected chi connectivity index (χ4v) is 5.62. The Bertz CT molecular complexity index is 1600. The summed E-state index contributed by atoms with van der Waals surface area (Å²) >= 11 is 0. The average molecular weight is 610 g/mol. The summed E-state index contributed by atoms with van der Waals surface area (Å²) in [6.45, 7) is 9.98. The third kappa shape index (κ3) is 8.10. The Morgan fingerprint density at radius 3 is 2.31 bits per heavy atom. The molecule has 2 amide bonds. The van der Waals surface area contributed by atoms with Crippen LogP contribution < -0.4 is 25.4 Å². The zero-order valence-electron chi connectivity index (χ0n) is 26.7. The molecule has 5 rings (SSSR count). The number of amides is 2. The lowest BCUT2D eigenvalue weighted by Gasteiger charge is -2.30. The number of hydrogen-bond donors (Lipinski definition) is 3. The number of rotatable bonds is 10. The lowest BCUT2D eigenvalue weighted by molar-refractivity contribution is -0.124. The summed E-state index contributed by atoms with van der Waals surface area (Å²) in [4.78, 5) is 27.0. The fraction of sp³-hybridized carbons (Fsp3) is 0.361. The number of urea groups is 1. The number of ketones is 1. The van der Waals surface area contributed by atoms with E-state index >= 15 is 0 Å². The highest BCUT2D eigenvalue weighted by Crippen LogP contribution is 2.34. The number of piperidine rings is 1. The molecule has 3 N–H and O–H groups in total.